The van der Waals surface area contributed by atoms with Crippen LogP contribution < -0.4 is 4.90 Å². The molecule has 0 unspecified atom stereocenters. The third-order valence-corrected chi connectivity index (χ3v) is 3.01. The first-order valence-corrected chi connectivity index (χ1v) is 5.29. The number of terminal acetylenes is 1. The van der Waals surface area contributed by atoms with Crippen molar-refractivity contribution < 1.29 is 0 Å². The molecule has 0 aliphatic rings. The van der Waals surface area contributed by atoms with Crippen molar-refractivity contribution in [1.82, 2.24) is 4.98 Å². The van der Waals surface area contributed by atoms with Gasteiger partial charge in [0.2, 0.25) is 0 Å². The average Bonchev–Trinajstić information content (AvgIpc) is 2.19. The van der Waals surface area contributed by atoms with Crippen LogP contribution in [0.4, 0.5) is 5.82 Å². The van der Waals surface area contributed by atoms with Gasteiger partial charge in [0.15, 0.2) is 0 Å². The normalized spacial score (nSPS) is 9.57. The molecule has 1 aromatic heterocycles. The topological polar surface area (TPSA) is 16.1 Å². The molecule has 0 aromatic carbocycles. The van der Waals surface area contributed by atoms with Crippen LogP contribution in [-0.4, -0.2) is 18.1 Å². The lowest BCUT2D eigenvalue weighted by atomic mass is 10.3. The van der Waals surface area contributed by atoms with Crippen LogP contribution in [0, 0.1) is 19.3 Å². The van der Waals surface area contributed by atoms with E-state index in [2.05, 4.69) is 38.7 Å². The lowest BCUT2D eigenvalue weighted by Gasteiger charge is -2.20. The molecule has 2 nitrogen and oxygen atoms in total. The Morgan fingerprint density at radius 2 is 2.36 bits per heavy atom. The van der Waals surface area contributed by atoms with Gasteiger partial charge in [0.25, 0.3) is 0 Å². The van der Waals surface area contributed by atoms with Crippen molar-refractivity contribution in [3.8, 4) is 12.3 Å². The maximum Gasteiger partial charge on any atom is 0.143 e. The summed E-state index contributed by atoms with van der Waals surface area (Å²) in [7, 11) is 0. The predicted octanol–water partition coefficient (Wildman–Crippen LogP) is 2.61. The zero-order valence-corrected chi connectivity index (χ0v) is 10.0. The zero-order chi connectivity index (χ0) is 10.6. The van der Waals surface area contributed by atoms with E-state index in [1.54, 1.807) is 6.20 Å². The van der Waals surface area contributed by atoms with Gasteiger partial charge in [-0.05, 0) is 41.4 Å². The maximum atomic E-state index is 5.30. The number of anilines is 1. The number of pyridine rings is 1. The van der Waals surface area contributed by atoms with Gasteiger partial charge < -0.3 is 4.90 Å². The quantitative estimate of drug-likeness (QED) is 0.770. The summed E-state index contributed by atoms with van der Waals surface area (Å²) in [5.41, 5.74) is 1.17. The average molecular weight is 253 g/mol. The molecular weight excluding hydrogens is 240 g/mol. The van der Waals surface area contributed by atoms with Crippen LogP contribution in [0.25, 0.3) is 0 Å². The van der Waals surface area contributed by atoms with Gasteiger partial charge >= 0.3 is 0 Å². The molecule has 14 heavy (non-hydrogen) atoms. The standard InChI is InChI=1S/C11H13BrN2/c1-4-8-14(5-2)11-10(12)9(3)6-7-13-11/h1,6-7H,5,8H2,2-3H3. The monoisotopic (exact) mass is 252 g/mol. The number of rotatable bonds is 3. The van der Waals surface area contributed by atoms with E-state index < -0.39 is 0 Å². The Morgan fingerprint density at radius 1 is 1.64 bits per heavy atom. The van der Waals surface area contributed by atoms with Crippen LogP contribution >= 0.6 is 15.9 Å². The minimum absolute atomic E-state index is 0.589. The summed E-state index contributed by atoms with van der Waals surface area (Å²) < 4.78 is 1.03. The van der Waals surface area contributed by atoms with Crippen LogP contribution in [0.15, 0.2) is 16.7 Å². The van der Waals surface area contributed by atoms with E-state index >= 15 is 0 Å². The Morgan fingerprint density at radius 3 is 2.93 bits per heavy atom. The second-order valence-corrected chi connectivity index (χ2v) is 3.78. The smallest absolute Gasteiger partial charge is 0.143 e. The van der Waals surface area contributed by atoms with Crippen molar-refractivity contribution in [3.63, 3.8) is 0 Å². The third kappa shape index (κ3) is 2.27. The largest absolute Gasteiger partial charge is 0.345 e. The number of nitrogens with zero attached hydrogens (tertiary/aromatic N) is 2. The summed E-state index contributed by atoms with van der Waals surface area (Å²) in [5.74, 6) is 3.55. The summed E-state index contributed by atoms with van der Waals surface area (Å²) in [6.45, 7) is 5.55. The van der Waals surface area contributed by atoms with E-state index in [0.717, 1.165) is 16.8 Å². The number of halogens is 1. The number of hydrogen-bond donors (Lipinski definition) is 0. The Hall–Kier alpha value is -1.01. The molecule has 0 saturated heterocycles. The molecule has 0 N–H and O–H groups in total. The molecule has 1 rings (SSSR count). The van der Waals surface area contributed by atoms with Gasteiger partial charge in [0.1, 0.15) is 5.82 Å². The fourth-order valence-electron chi connectivity index (χ4n) is 1.19. The van der Waals surface area contributed by atoms with Crippen molar-refractivity contribution in [2.45, 2.75) is 13.8 Å². The van der Waals surface area contributed by atoms with Gasteiger partial charge in [-0.2, -0.15) is 0 Å². The maximum absolute atomic E-state index is 5.30. The predicted molar refractivity (Wildman–Crippen MR) is 63.4 cm³/mol. The third-order valence-electron chi connectivity index (χ3n) is 2.03. The van der Waals surface area contributed by atoms with Gasteiger partial charge in [-0.1, -0.05) is 5.92 Å². The number of aryl methyl sites for hydroxylation is 1. The molecule has 0 bridgehead atoms. The first kappa shape index (κ1) is 11.1. The van der Waals surface area contributed by atoms with E-state index in [9.17, 15) is 0 Å². The molecule has 0 aliphatic carbocycles. The number of aromatic nitrogens is 1. The Balaban J connectivity index is 3.05. The van der Waals surface area contributed by atoms with Gasteiger partial charge in [-0.3, -0.25) is 0 Å². The van der Waals surface area contributed by atoms with E-state index in [1.165, 1.54) is 5.56 Å². The summed E-state index contributed by atoms with van der Waals surface area (Å²) in [4.78, 5) is 6.37. The highest BCUT2D eigenvalue weighted by Crippen LogP contribution is 2.26. The Labute approximate surface area is 93.5 Å². The first-order valence-electron chi connectivity index (χ1n) is 4.50. The first-order chi connectivity index (χ1) is 6.70. The second kappa shape index (κ2) is 5.02. The molecule has 74 valence electrons. The van der Waals surface area contributed by atoms with Crippen LogP contribution in [0.2, 0.25) is 0 Å². The van der Waals surface area contributed by atoms with Crippen LogP contribution in [0.5, 0.6) is 0 Å². The Bertz CT molecular complexity index is 355. The van der Waals surface area contributed by atoms with Crippen LogP contribution in [0.3, 0.4) is 0 Å². The summed E-state index contributed by atoms with van der Waals surface area (Å²) in [6, 6.07) is 1.97. The van der Waals surface area contributed by atoms with Crippen LogP contribution in [-0.2, 0) is 0 Å². The molecule has 0 radical (unpaired) electrons. The summed E-state index contributed by atoms with van der Waals surface area (Å²) in [6.07, 6.45) is 7.10. The van der Waals surface area contributed by atoms with Crippen molar-refractivity contribution in [2.24, 2.45) is 0 Å². The number of hydrogen-bond acceptors (Lipinski definition) is 2. The minimum Gasteiger partial charge on any atom is -0.345 e. The lowest BCUT2D eigenvalue weighted by Crippen LogP contribution is -2.24. The molecule has 0 fully saturated rings. The molecule has 1 aromatic rings. The highest BCUT2D eigenvalue weighted by atomic mass is 79.9. The molecule has 3 heteroatoms. The van der Waals surface area contributed by atoms with E-state index in [0.29, 0.717) is 6.54 Å². The van der Waals surface area contributed by atoms with Gasteiger partial charge in [0.05, 0.1) is 11.0 Å². The highest BCUT2D eigenvalue weighted by molar-refractivity contribution is 9.10. The van der Waals surface area contributed by atoms with Crippen LogP contribution in [0.1, 0.15) is 12.5 Å². The molecule has 0 amide bonds. The Kier molecular flexibility index (Phi) is 3.97. The molecule has 1 heterocycles. The molecule has 0 atom stereocenters. The van der Waals surface area contributed by atoms with E-state index in [1.807, 2.05) is 13.0 Å². The fraction of sp³-hybridized carbons (Fsp3) is 0.364. The van der Waals surface area contributed by atoms with E-state index in [4.69, 9.17) is 6.42 Å². The molecule has 0 aliphatic heterocycles. The zero-order valence-electron chi connectivity index (χ0n) is 8.42. The minimum atomic E-state index is 0.589. The van der Waals surface area contributed by atoms with Gasteiger partial charge in [-0.25, -0.2) is 4.98 Å². The van der Waals surface area contributed by atoms with Gasteiger partial charge in [0, 0.05) is 12.7 Å². The molecule has 0 spiro atoms. The van der Waals surface area contributed by atoms with Gasteiger partial charge in [-0.15, -0.1) is 6.42 Å². The van der Waals surface area contributed by atoms with E-state index in [-0.39, 0.29) is 0 Å². The van der Waals surface area contributed by atoms with Crippen molar-refractivity contribution >= 4 is 21.7 Å². The highest BCUT2D eigenvalue weighted by Gasteiger charge is 2.09. The summed E-state index contributed by atoms with van der Waals surface area (Å²) in [5, 5.41) is 0. The summed E-state index contributed by atoms with van der Waals surface area (Å²) >= 11 is 3.52. The molecular formula is C11H13BrN2. The SMILES string of the molecule is C#CCN(CC)c1nccc(C)c1Br. The lowest BCUT2D eigenvalue weighted by molar-refractivity contribution is 0.887. The fourth-order valence-corrected chi connectivity index (χ4v) is 1.68. The van der Waals surface area contributed by atoms with Crippen molar-refractivity contribution in [1.29, 1.82) is 0 Å². The van der Waals surface area contributed by atoms with Crippen molar-refractivity contribution in [3.05, 3.63) is 22.3 Å². The second-order valence-electron chi connectivity index (χ2n) is 2.98. The molecule has 0 saturated carbocycles. The van der Waals surface area contributed by atoms with Crippen molar-refractivity contribution in [2.75, 3.05) is 18.0 Å².